The summed E-state index contributed by atoms with van der Waals surface area (Å²) in [5.74, 6) is -0.0792. The van der Waals surface area contributed by atoms with Crippen molar-refractivity contribution in [1.29, 1.82) is 0 Å². The number of aliphatic hydroxyl groups excluding tert-OH is 1. The van der Waals surface area contributed by atoms with Crippen LogP contribution in [0.5, 0.6) is 0 Å². The summed E-state index contributed by atoms with van der Waals surface area (Å²) in [6.07, 6.45) is 6.77. The Morgan fingerprint density at radius 3 is 2.29 bits per heavy atom. The molecule has 4 heteroatoms. The maximum Gasteiger partial charge on any atom is 0.305 e. The van der Waals surface area contributed by atoms with Crippen LogP contribution in [-0.4, -0.2) is 37.4 Å². The van der Waals surface area contributed by atoms with Gasteiger partial charge in [0.15, 0.2) is 0 Å². The van der Waals surface area contributed by atoms with Crippen LogP contribution in [0.3, 0.4) is 0 Å². The molecular weight excluding hydrogens is 218 g/mol. The Morgan fingerprint density at radius 2 is 1.71 bits per heavy atom. The molecule has 0 aromatic heterocycles. The van der Waals surface area contributed by atoms with E-state index in [0.29, 0.717) is 19.6 Å². The molecule has 0 bridgehead atoms. The number of nitrogens with one attached hydrogen (secondary N) is 1. The first-order valence-electron chi connectivity index (χ1n) is 6.78. The molecule has 102 valence electrons. The molecular formula is C13H27NO3. The van der Waals surface area contributed by atoms with Crippen LogP contribution < -0.4 is 5.32 Å². The third-order valence-electron chi connectivity index (χ3n) is 2.55. The van der Waals surface area contributed by atoms with E-state index in [0.717, 1.165) is 51.6 Å². The Labute approximate surface area is 105 Å². The summed E-state index contributed by atoms with van der Waals surface area (Å²) >= 11 is 0. The zero-order valence-electron chi connectivity index (χ0n) is 11.0. The molecule has 0 aliphatic carbocycles. The van der Waals surface area contributed by atoms with Gasteiger partial charge in [0.25, 0.3) is 0 Å². The second-order valence-electron chi connectivity index (χ2n) is 4.15. The van der Waals surface area contributed by atoms with Gasteiger partial charge in [-0.1, -0.05) is 6.42 Å². The zero-order valence-corrected chi connectivity index (χ0v) is 11.0. The molecule has 0 spiro atoms. The number of hydrogen-bond donors (Lipinski definition) is 2. The maximum atomic E-state index is 11.0. The van der Waals surface area contributed by atoms with Crippen molar-refractivity contribution < 1.29 is 14.6 Å². The molecule has 0 saturated carbocycles. The van der Waals surface area contributed by atoms with Crippen molar-refractivity contribution >= 4 is 5.97 Å². The number of aliphatic hydroxyl groups is 1. The van der Waals surface area contributed by atoms with Crippen molar-refractivity contribution in [3.8, 4) is 0 Å². The lowest BCUT2D eigenvalue weighted by molar-refractivity contribution is -0.143. The van der Waals surface area contributed by atoms with E-state index in [2.05, 4.69) is 5.32 Å². The summed E-state index contributed by atoms with van der Waals surface area (Å²) in [4.78, 5) is 11.0. The SMILES string of the molecule is CCOC(=O)CCCCCNCCCCCO. The van der Waals surface area contributed by atoms with E-state index in [1.807, 2.05) is 6.92 Å². The average molecular weight is 245 g/mol. The maximum absolute atomic E-state index is 11.0. The van der Waals surface area contributed by atoms with Crippen LogP contribution in [0.15, 0.2) is 0 Å². The molecule has 0 atom stereocenters. The summed E-state index contributed by atoms with van der Waals surface area (Å²) < 4.78 is 4.85. The summed E-state index contributed by atoms with van der Waals surface area (Å²) in [5, 5.41) is 12.0. The summed E-state index contributed by atoms with van der Waals surface area (Å²) in [5.41, 5.74) is 0. The molecule has 0 aliphatic heterocycles. The van der Waals surface area contributed by atoms with Gasteiger partial charge in [0.1, 0.15) is 0 Å². The van der Waals surface area contributed by atoms with E-state index < -0.39 is 0 Å². The molecule has 0 rings (SSSR count). The van der Waals surface area contributed by atoms with Gasteiger partial charge in [-0.05, 0) is 52.1 Å². The summed E-state index contributed by atoms with van der Waals surface area (Å²) in [7, 11) is 0. The average Bonchev–Trinajstić information content (AvgIpc) is 2.32. The molecule has 0 heterocycles. The van der Waals surface area contributed by atoms with E-state index in [1.165, 1.54) is 0 Å². The Morgan fingerprint density at radius 1 is 1.06 bits per heavy atom. The van der Waals surface area contributed by atoms with E-state index in [4.69, 9.17) is 9.84 Å². The minimum atomic E-state index is -0.0792. The molecule has 17 heavy (non-hydrogen) atoms. The van der Waals surface area contributed by atoms with Gasteiger partial charge in [0.2, 0.25) is 0 Å². The lowest BCUT2D eigenvalue weighted by atomic mass is 10.2. The number of ether oxygens (including phenoxy) is 1. The molecule has 2 N–H and O–H groups in total. The molecule has 0 amide bonds. The number of carbonyl (C=O) groups is 1. The van der Waals surface area contributed by atoms with Crippen molar-refractivity contribution in [2.75, 3.05) is 26.3 Å². The Bertz CT molecular complexity index is 174. The Kier molecular flexibility index (Phi) is 13.0. The van der Waals surface area contributed by atoms with E-state index >= 15 is 0 Å². The van der Waals surface area contributed by atoms with Crippen LogP contribution in [0.4, 0.5) is 0 Å². The standard InChI is InChI=1S/C13H27NO3/c1-2-17-13(16)9-5-3-6-10-14-11-7-4-8-12-15/h14-15H,2-12H2,1H3. The van der Waals surface area contributed by atoms with Gasteiger partial charge in [-0.25, -0.2) is 0 Å². The number of rotatable bonds is 12. The lowest BCUT2D eigenvalue weighted by Gasteiger charge is -2.04. The predicted octanol–water partition coefficient (Wildman–Crippen LogP) is 1.86. The Balaban J connectivity index is 3.01. The largest absolute Gasteiger partial charge is 0.466 e. The number of carbonyl (C=O) groups excluding carboxylic acids is 1. The fourth-order valence-electron chi connectivity index (χ4n) is 1.59. The van der Waals surface area contributed by atoms with E-state index in [9.17, 15) is 4.79 Å². The normalized spacial score (nSPS) is 10.5. The molecule has 4 nitrogen and oxygen atoms in total. The minimum Gasteiger partial charge on any atom is -0.466 e. The second-order valence-corrected chi connectivity index (χ2v) is 4.15. The highest BCUT2D eigenvalue weighted by Gasteiger charge is 2.00. The van der Waals surface area contributed by atoms with Crippen LogP contribution in [0.2, 0.25) is 0 Å². The number of unbranched alkanes of at least 4 members (excludes halogenated alkanes) is 4. The predicted molar refractivity (Wildman–Crippen MR) is 68.9 cm³/mol. The zero-order chi connectivity index (χ0) is 12.8. The van der Waals surface area contributed by atoms with Gasteiger partial charge in [-0.15, -0.1) is 0 Å². The van der Waals surface area contributed by atoms with Crippen molar-refractivity contribution in [3.05, 3.63) is 0 Å². The summed E-state index contributed by atoms with van der Waals surface area (Å²) in [6.45, 7) is 4.65. The van der Waals surface area contributed by atoms with Crippen LogP contribution in [0.25, 0.3) is 0 Å². The number of hydrogen-bond acceptors (Lipinski definition) is 4. The highest BCUT2D eigenvalue weighted by Crippen LogP contribution is 2.00. The van der Waals surface area contributed by atoms with Gasteiger partial charge in [0, 0.05) is 13.0 Å². The monoisotopic (exact) mass is 245 g/mol. The second kappa shape index (κ2) is 13.5. The van der Waals surface area contributed by atoms with Crippen LogP contribution in [0.1, 0.15) is 51.9 Å². The lowest BCUT2D eigenvalue weighted by Crippen LogP contribution is -2.16. The first-order chi connectivity index (χ1) is 8.31. The molecule has 0 aromatic rings. The fourth-order valence-corrected chi connectivity index (χ4v) is 1.59. The van der Waals surface area contributed by atoms with Gasteiger partial charge in [-0.3, -0.25) is 4.79 Å². The molecule has 0 unspecified atom stereocenters. The van der Waals surface area contributed by atoms with Crippen molar-refractivity contribution in [2.45, 2.75) is 51.9 Å². The molecule has 0 aliphatic rings. The molecule has 0 saturated heterocycles. The third-order valence-corrected chi connectivity index (χ3v) is 2.55. The number of esters is 1. The van der Waals surface area contributed by atoms with Crippen molar-refractivity contribution in [1.82, 2.24) is 5.32 Å². The van der Waals surface area contributed by atoms with Gasteiger partial charge in [0.05, 0.1) is 6.61 Å². The molecule has 0 radical (unpaired) electrons. The third kappa shape index (κ3) is 13.3. The van der Waals surface area contributed by atoms with E-state index in [1.54, 1.807) is 0 Å². The smallest absolute Gasteiger partial charge is 0.305 e. The topological polar surface area (TPSA) is 58.6 Å². The summed E-state index contributed by atoms with van der Waals surface area (Å²) in [6, 6.07) is 0. The first-order valence-corrected chi connectivity index (χ1v) is 6.78. The first kappa shape index (κ1) is 16.4. The Hall–Kier alpha value is -0.610. The quantitative estimate of drug-likeness (QED) is 0.407. The van der Waals surface area contributed by atoms with E-state index in [-0.39, 0.29) is 5.97 Å². The van der Waals surface area contributed by atoms with Gasteiger partial charge in [-0.2, -0.15) is 0 Å². The van der Waals surface area contributed by atoms with Gasteiger partial charge >= 0.3 is 5.97 Å². The fraction of sp³-hybridized carbons (Fsp3) is 0.923. The molecule has 0 aromatic carbocycles. The minimum absolute atomic E-state index is 0.0792. The highest BCUT2D eigenvalue weighted by molar-refractivity contribution is 5.69. The van der Waals surface area contributed by atoms with Crippen molar-refractivity contribution in [3.63, 3.8) is 0 Å². The van der Waals surface area contributed by atoms with Crippen LogP contribution in [0, 0.1) is 0 Å². The van der Waals surface area contributed by atoms with Crippen LogP contribution in [-0.2, 0) is 9.53 Å². The highest BCUT2D eigenvalue weighted by atomic mass is 16.5. The van der Waals surface area contributed by atoms with Crippen molar-refractivity contribution in [2.24, 2.45) is 0 Å². The van der Waals surface area contributed by atoms with Gasteiger partial charge < -0.3 is 15.2 Å². The molecule has 0 fully saturated rings. The van der Waals surface area contributed by atoms with Crippen LogP contribution >= 0.6 is 0 Å².